The van der Waals surface area contributed by atoms with E-state index in [0.717, 1.165) is 62.9 Å². The van der Waals surface area contributed by atoms with E-state index in [1.54, 1.807) is 4.68 Å². The van der Waals surface area contributed by atoms with Crippen LogP contribution in [-0.2, 0) is 29.1 Å². The Kier molecular flexibility index (Phi) is 5.17. The van der Waals surface area contributed by atoms with Crippen LogP contribution in [0, 0.1) is 5.92 Å². The molecule has 5 rings (SSSR count). The van der Waals surface area contributed by atoms with Gasteiger partial charge in [-0.1, -0.05) is 30.3 Å². The van der Waals surface area contributed by atoms with Gasteiger partial charge in [0.25, 0.3) is 5.91 Å². The number of aryl methyl sites for hydroxylation is 1. The van der Waals surface area contributed by atoms with Crippen molar-refractivity contribution in [3.8, 4) is 0 Å². The summed E-state index contributed by atoms with van der Waals surface area (Å²) in [6.45, 7) is 1.53. The number of piperidine rings is 1. The summed E-state index contributed by atoms with van der Waals surface area (Å²) in [5.74, 6) is 0.952. The summed E-state index contributed by atoms with van der Waals surface area (Å²) in [5, 5.41) is 4.73. The zero-order valence-electron chi connectivity index (χ0n) is 17.3. The molecule has 1 amide bonds. The van der Waals surface area contributed by atoms with Crippen LogP contribution in [0.5, 0.6) is 0 Å². The number of amides is 1. The van der Waals surface area contributed by atoms with Crippen molar-refractivity contribution in [2.45, 2.75) is 51.0 Å². The Morgan fingerprint density at radius 3 is 2.53 bits per heavy atom. The van der Waals surface area contributed by atoms with Gasteiger partial charge >= 0.3 is 0 Å². The van der Waals surface area contributed by atoms with Crippen LogP contribution in [0.3, 0.4) is 0 Å². The highest BCUT2D eigenvalue weighted by atomic mass is 32.2. The first-order chi connectivity index (χ1) is 14.5. The lowest BCUT2D eigenvalue weighted by molar-refractivity contribution is 0.0674. The summed E-state index contributed by atoms with van der Waals surface area (Å²) in [4.78, 5) is 15.5. The molecule has 6 nitrogen and oxygen atoms in total. The number of hydrogen-bond donors (Lipinski definition) is 0. The number of carbonyl (C=O) groups is 1. The van der Waals surface area contributed by atoms with E-state index in [1.165, 1.54) is 5.56 Å². The third kappa shape index (κ3) is 3.80. The number of hydrogen-bond acceptors (Lipinski definition) is 4. The number of likely N-dealkylation sites (tertiary alicyclic amines) is 1. The van der Waals surface area contributed by atoms with Crippen LogP contribution in [0.4, 0.5) is 0 Å². The number of nitrogens with zero attached hydrogens (tertiary/aromatic N) is 3. The zero-order valence-corrected chi connectivity index (χ0v) is 18.1. The predicted molar refractivity (Wildman–Crippen MR) is 115 cm³/mol. The van der Waals surface area contributed by atoms with Crippen molar-refractivity contribution < 1.29 is 13.2 Å². The fourth-order valence-corrected chi connectivity index (χ4v) is 7.00. The van der Waals surface area contributed by atoms with Gasteiger partial charge in [0.05, 0.1) is 23.2 Å². The van der Waals surface area contributed by atoms with Gasteiger partial charge in [0.2, 0.25) is 0 Å². The van der Waals surface area contributed by atoms with Gasteiger partial charge in [0.15, 0.2) is 9.84 Å². The summed E-state index contributed by atoms with van der Waals surface area (Å²) in [5.41, 5.74) is 4.10. The van der Waals surface area contributed by atoms with Crippen LogP contribution in [0.1, 0.15) is 59.0 Å². The molecule has 7 heteroatoms. The molecular weight excluding hydrogens is 398 g/mol. The standard InChI is InChI=1S/C23H29N3O3S/c27-23(25-12-9-18(10-13-25)15-17-5-2-1-3-6-17)22-20-7-4-8-21(20)24-26(22)19-11-14-30(28,29)16-19/h1-3,5-6,18-19H,4,7-16H2/t19-/m0/s1. The van der Waals surface area contributed by atoms with E-state index >= 15 is 0 Å². The van der Waals surface area contributed by atoms with Crippen molar-refractivity contribution in [3.05, 3.63) is 52.8 Å². The molecule has 0 saturated carbocycles. The third-order valence-corrected chi connectivity index (χ3v) is 8.71. The van der Waals surface area contributed by atoms with Gasteiger partial charge in [-0.2, -0.15) is 5.10 Å². The van der Waals surface area contributed by atoms with Crippen LogP contribution >= 0.6 is 0 Å². The van der Waals surface area contributed by atoms with Crippen molar-refractivity contribution in [3.63, 3.8) is 0 Å². The zero-order chi connectivity index (χ0) is 20.7. The lowest BCUT2D eigenvalue weighted by atomic mass is 9.90. The van der Waals surface area contributed by atoms with Crippen LogP contribution in [0.15, 0.2) is 30.3 Å². The maximum Gasteiger partial charge on any atom is 0.272 e. The second kappa shape index (κ2) is 7.84. The van der Waals surface area contributed by atoms with Crippen molar-refractivity contribution in [1.82, 2.24) is 14.7 Å². The highest BCUT2D eigenvalue weighted by molar-refractivity contribution is 7.91. The summed E-state index contributed by atoms with van der Waals surface area (Å²) in [6, 6.07) is 10.4. The molecule has 2 aliphatic heterocycles. The van der Waals surface area contributed by atoms with Gasteiger partial charge in [-0.3, -0.25) is 9.48 Å². The molecule has 2 aromatic rings. The molecule has 3 heterocycles. The molecule has 160 valence electrons. The normalized spacial score (nSPS) is 23.6. The minimum atomic E-state index is -3.03. The molecule has 2 fully saturated rings. The largest absolute Gasteiger partial charge is 0.337 e. The summed E-state index contributed by atoms with van der Waals surface area (Å²) >= 11 is 0. The highest BCUT2D eigenvalue weighted by Crippen LogP contribution is 2.33. The van der Waals surface area contributed by atoms with Gasteiger partial charge in [0, 0.05) is 18.7 Å². The van der Waals surface area contributed by atoms with Crippen molar-refractivity contribution in [2.24, 2.45) is 5.92 Å². The summed E-state index contributed by atoms with van der Waals surface area (Å²) in [7, 11) is -3.03. The van der Waals surface area contributed by atoms with E-state index in [2.05, 4.69) is 24.3 Å². The summed E-state index contributed by atoms with van der Waals surface area (Å²) in [6.07, 6.45) is 6.44. The van der Waals surface area contributed by atoms with E-state index in [4.69, 9.17) is 5.10 Å². The number of aromatic nitrogens is 2. The molecule has 0 unspecified atom stereocenters. The SMILES string of the molecule is O=C(c1c2c(nn1[C@H]1CCS(=O)(=O)C1)CCC2)N1CCC(Cc2ccccc2)CC1. The van der Waals surface area contributed by atoms with Gasteiger partial charge in [-0.25, -0.2) is 8.42 Å². The van der Waals surface area contributed by atoms with Crippen molar-refractivity contribution >= 4 is 15.7 Å². The molecule has 1 atom stereocenters. The predicted octanol–water partition coefficient (Wildman–Crippen LogP) is 2.83. The lowest BCUT2D eigenvalue weighted by Crippen LogP contribution is -2.40. The average Bonchev–Trinajstić information content (AvgIpc) is 3.42. The fraction of sp³-hybridized carbons (Fsp3) is 0.565. The first-order valence-electron chi connectivity index (χ1n) is 11.1. The van der Waals surface area contributed by atoms with E-state index in [9.17, 15) is 13.2 Å². The molecule has 3 aliphatic rings. The minimum Gasteiger partial charge on any atom is -0.337 e. The molecule has 0 spiro atoms. The van der Waals surface area contributed by atoms with Crippen molar-refractivity contribution in [1.29, 1.82) is 0 Å². The maximum absolute atomic E-state index is 13.5. The second-order valence-corrected chi connectivity index (χ2v) is 11.3. The van der Waals surface area contributed by atoms with Crippen LogP contribution in [0.25, 0.3) is 0 Å². The molecule has 1 aromatic carbocycles. The van der Waals surface area contributed by atoms with E-state index in [-0.39, 0.29) is 23.5 Å². The molecule has 1 aliphatic carbocycles. The number of carbonyl (C=O) groups excluding carboxylic acids is 1. The quantitative estimate of drug-likeness (QED) is 0.752. The molecule has 0 bridgehead atoms. The lowest BCUT2D eigenvalue weighted by Gasteiger charge is -2.32. The topological polar surface area (TPSA) is 72.3 Å². The number of benzene rings is 1. The Balaban J connectivity index is 1.32. The third-order valence-electron chi connectivity index (χ3n) is 6.96. The fourth-order valence-electron chi connectivity index (χ4n) is 5.31. The number of rotatable bonds is 4. The smallest absolute Gasteiger partial charge is 0.272 e. The molecular formula is C23H29N3O3S. The van der Waals surface area contributed by atoms with Crippen molar-refractivity contribution in [2.75, 3.05) is 24.6 Å². The first kappa shape index (κ1) is 19.8. The van der Waals surface area contributed by atoms with E-state index in [0.29, 0.717) is 18.0 Å². The monoisotopic (exact) mass is 427 g/mol. The Labute approximate surface area is 178 Å². The second-order valence-electron chi connectivity index (χ2n) is 9.05. The van der Waals surface area contributed by atoms with Crippen LogP contribution in [-0.4, -0.2) is 53.6 Å². The van der Waals surface area contributed by atoms with Gasteiger partial charge in [0.1, 0.15) is 5.69 Å². The average molecular weight is 428 g/mol. The summed E-state index contributed by atoms with van der Waals surface area (Å²) < 4.78 is 25.8. The molecule has 1 aromatic heterocycles. The Bertz CT molecular complexity index is 1040. The van der Waals surface area contributed by atoms with E-state index < -0.39 is 9.84 Å². The molecule has 30 heavy (non-hydrogen) atoms. The molecule has 0 N–H and O–H groups in total. The van der Waals surface area contributed by atoms with Gasteiger partial charge in [-0.05, 0) is 56.4 Å². The molecule has 2 saturated heterocycles. The minimum absolute atomic E-state index is 0.0492. The van der Waals surface area contributed by atoms with Gasteiger partial charge < -0.3 is 4.90 Å². The Morgan fingerprint density at radius 1 is 1.07 bits per heavy atom. The molecule has 0 radical (unpaired) electrons. The van der Waals surface area contributed by atoms with Gasteiger partial charge in [-0.15, -0.1) is 0 Å². The first-order valence-corrected chi connectivity index (χ1v) is 13.0. The highest BCUT2D eigenvalue weighted by Gasteiger charge is 2.37. The number of sulfone groups is 1. The number of fused-ring (bicyclic) bond motifs is 1. The Morgan fingerprint density at radius 2 is 1.83 bits per heavy atom. The van der Waals surface area contributed by atoms with Crippen LogP contribution < -0.4 is 0 Å². The van der Waals surface area contributed by atoms with Crippen LogP contribution in [0.2, 0.25) is 0 Å². The van der Waals surface area contributed by atoms with E-state index in [1.807, 2.05) is 11.0 Å². The Hall–Kier alpha value is -2.15. The maximum atomic E-state index is 13.5.